The standard InChI is InChI=1S/C25H25F3N6O4S/c1-10-13(7-33-24-20(10)31-2-3-37-24)12-4-11-5-17(32-8-14(11)19(29)18(12)28)34-25(36)38-22-15(21(35)23(22)39)6-30-9-16(26)27/h4-5,7-8,15-16,22-23,30-31,39H,2-3,6,9,29H2,1H3,(H,32,34,36). The lowest BCUT2D eigenvalue weighted by molar-refractivity contribution is -0.137. The highest BCUT2D eigenvalue weighted by atomic mass is 32.1. The number of nitrogen functional groups attached to an aromatic ring is 1. The van der Waals surface area contributed by atoms with Gasteiger partial charge in [0.15, 0.2) is 11.6 Å². The molecule has 3 heterocycles. The molecule has 5 N–H and O–H groups in total. The van der Waals surface area contributed by atoms with Crippen LogP contribution < -0.4 is 26.4 Å². The second-order valence-corrected chi connectivity index (χ2v) is 9.75. The number of ether oxygens (including phenoxy) is 2. The maximum atomic E-state index is 15.4. The smallest absolute Gasteiger partial charge is 0.413 e. The van der Waals surface area contributed by atoms with Crippen molar-refractivity contribution in [2.75, 3.05) is 42.6 Å². The van der Waals surface area contributed by atoms with E-state index in [9.17, 15) is 18.4 Å². The van der Waals surface area contributed by atoms with E-state index in [0.717, 1.165) is 5.56 Å². The molecule has 3 aromatic rings. The quantitative estimate of drug-likeness (QED) is 0.216. The molecule has 39 heavy (non-hydrogen) atoms. The molecule has 3 unspecified atom stereocenters. The summed E-state index contributed by atoms with van der Waals surface area (Å²) in [4.78, 5) is 33.0. The molecule has 1 saturated carbocycles. The summed E-state index contributed by atoms with van der Waals surface area (Å²) in [6.45, 7) is 2.23. The summed E-state index contributed by atoms with van der Waals surface area (Å²) in [5, 5.41) is 8.14. The number of pyridine rings is 2. The van der Waals surface area contributed by atoms with Crippen molar-refractivity contribution in [2.24, 2.45) is 5.92 Å². The first kappa shape index (κ1) is 26.8. The van der Waals surface area contributed by atoms with Gasteiger partial charge in [0.05, 0.1) is 23.4 Å². The molecule has 2 aromatic heterocycles. The maximum absolute atomic E-state index is 15.4. The molecule has 0 spiro atoms. The zero-order chi connectivity index (χ0) is 27.8. The van der Waals surface area contributed by atoms with E-state index in [1.54, 1.807) is 6.07 Å². The minimum absolute atomic E-state index is 0.0708. The number of aromatic nitrogens is 2. The summed E-state index contributed by atoms with van der Waals surface area (Å²) < 4.78 is 51.0. The van der Waals surface area contributed by atoms with E-state index < -0.39 is 42.2 Å². The van der Waals surface area contributed by atoms with Gasteiger partial charge in [-0.25, -0.2) is 27.9 Å². The largest absolute Gasteiger partial charge is 0.474 e. The molecule has 2 aliphatic rings. The van der Waals surface area contributed by atoms with Crippen LogP contribution in [0.4, 0.5) is 35.2 Å². The number of halogens is 3. The number of nitrogens with zero attached hydrogens (tertiary/aromatic N) is 2. The first-order valence-corrected chi connectivity index (χ1v) is 12.6. The van der Waals surface area contributed by atoms with Crippen LogP contribution in [0.2, 0.25) is 0 Å². The fourth-order valence-electron chi connectivity index (χ4n) is 4.67. The van der Waals surface area contributed by atoms with Gasteiger partial charge in [0.25, 0.3) is 6.43 Å². The zero-order valence-electron chi connectivity index (χ0n) is 20.6. The Labute approximate surface area is 226 Å². The average Bonchev–Trinajstić information content (AvgIpc) is 2.92. The number of nitrogens with one attached hydrogen (secondary N) is 3. The van der Waals surface area contributed by atoms with Gasteiger partial charge in [0.2, 0.25) is 5.88 Å². The molecule has 0 saturated heterocycles. The number of amides is 1. The number of benzene rings is 1. The molecular formula is C25H25F3N6O4S. The van der Waals surface area contributed by atoms with Gasteiger partial charge in [-0.2, -0.15) is 12.6 Å². The van der Waals surface area contributed by atoms with Crippen LogP contribution in [0.15, 0.2) is 24.5 Å². The van der Waals surface area contributed by atoms with Crippen molar-refractivity contribution < 1.29 is 32.2 Å². The van der Waals surface area contributed by atoms with Crippen molar-refractivity contribution in [2.45, 2.75) is 24.7 Å². The van der Waals surface area contributed by atoms with E-state index in [0.29, 0.717) is 41.1 Å². The Morgan fingerprint density at radius 2 is 2.10 bits per heavy atom. The third-order valence-corrected chi connectivity index (χ3v) is 7.28. The number of ketones is 1. The number of rotatable bonds is 7. The van der Waals surface area contributed by atoms with Crippen molar-refractivity contribution in [3.05, 3.63) is 35.9 Å². The zero-order valence-corrected chi connectivity index (χ0v) is 21.5. The molecule has 1 aliphatic heterocycles. The Balaban J connectivity index is 1.36. The number of Topliss-reactive ketones (excluding diaryl/α,β-unsaturated/α-hetero) is 1. The van der Waals surface area contributed by atoms with E-state index in [1.807, 2.05) is 6.92 Å². The molecule has 1 amide bonds. The monoisotopic (exact) mass is 562 g/mol. The number of thiol groups is 1. The first-order chi connectivity index (χ1) is 18.7. The number of carbonyl (C=O) groups is 2. The molecule has 14 heteroatoms. The van der Waals surface area contributed by atoms with Crippen LogP contribution in [0, 0.1) is 18.7 Å². The van der Waals surface area contributed by atoms with Gasteiger partial charge in [-0.1, -0.05) is 0 Å². The van der Waals surface area contributed by atoms with Crippen molar-refractivity contribution in [3.8, 4) is 17.0 Å². The van der Waals surface area contributed by atoms with Crippen molar-refractivity contribution >= 4 is 52.5 Å². The number of anilines is 3. The first-order valence-electron chi connectivity index (χ1n) is 12.1. The molecular weight excluding hydrogens is 537 g/mol. The normalized spacial score (nSPS) is 20.2. The SMILES string of the molecule is Cc1c(-c2cc3cc(NC(=O)OC4C(S)C(=O)C4CNCC(F)F)ncc3c(N)c2F)cnc2c1NCCO2. The topological polar surface area (TPSA) is 140 Å². The minimum atomic E-state index is -2.57. The molecule has 206 valence electrons. The number of alkyl halides is 2. The highest BCUT2D eigenvalue weighted by Crippen LogP contribution is 2.39. The molecule has 10 nitrogen and oxygen atoms in total. The number of fused-ring (bicyclic) bond motifs is 2. The number of hydrogen-bond acceptors (Lipinski definition) is 10. The van der Waals surface area contributed by atoms with Gasteiger partial charge in [-0.05, 0) is 30.0 Å². The fraction of sp³-hybridized carbons (Fsp3) is 0.360. The lowest BCUT2D eigenvalue weighted by Gasteiger charge is -2.39. The van der Waals surface area contributed by atoms with Gasteiger partial charge in [-0.3, -0.25) is 10.1 Å². The molecule has 5 rings (SSSR count). The lowest BCUT2D eigenvalue weighted by atomic mass is 9.79. The maximum Gasteiger partial charge on any atom is 0.413 e. The van der Waals surface area contributed by atoms with Gasteiger partial charge >= 0.3 is 6.09 Å². The Morgan fingerprint density at radius 3 is 2.87 bits per heavy atom. The predicted octanol–water partition coefficient (Wildman–Crippen LogP) is 3.40. The molecule has 1 aliphatic carbocycles. The van der Waals surface area contributed by atoms with E-state index in [4.69, 9.17) is 15.2 Å². The van der Waals surface area contributed by atoms with Gasteiger partial charge in [0.1, 0.15) is 24.2 Å². The lowest BCUT2D eigenvalue weighted by Crippen LogP contribution is -2.59. The predicted molar refractivity (Wildman–Crippen MR) is 142 cm³/mol. The molecule has 1 aromatic carbocycles. The average molecular weight is 563 g/mol. The van der Waals surface area contributed by atoms with Crippen molar-refractivity contribution in [3.63, 3.8) is 0 Å². The summed E-state index contributed by atoms with van der Waals surface area (Å²) >= 11 is 4.14. The van der Waals surface area contributed by atoms with Crippen LogP contribution in [0.5, 0.6) is 5.88 Å². The summed E-state index contributed by atoms with van der Waals surface area (Å²) in [6, 6.07) is 3.09. The fourth-order valence-corrected chi connectivity index (χ4v) is 5.13. The summed E-state index contributed by atoms with van der Waals surface area (Å²) in [5.41, 5.74) is 8.14. The van der Waals surface area contributed by atoms with E-state index in [-0.39, 0.29) is 29.4 Å². The van der Waals surface area contributed by atoms with Crippen LogP contribution >= 0.6 is 12.6 Å². The highest BCUT2D eigenvalue weighted by Gasteiger charge is 2.50. The van der Waals surface area contributed by atoms with Gasteiger partial charge in [-0.15, -0.1) is 0 Å². The minimum Gasteiger partial charge on any atom is -0.474 e. The van der Waals surface area contributed by atoms with Gasteiger partial charge in [0, 0.05) is 42.0 Å². The Morgan fingerprint density at radius 1 is 1.31 bits per heavy atom. The molecule has 0 radical (unpaired) electrons. The summed E-state index contributed by atoms with van der Waals surface area (Å²) in [6.07, 6.45) is -1.54. The Hall–Kier alpha value is -3.78. The van der Waals surface area contributed by atoms with Gasteiger partial charge < -0.3 is 25.8 Å². The van der Waals surface area contributed by atoms with Crippen molar-refractivity contribution in [1.29, 1.82) is 0 Å². The third-order valence-electron chi connectivity index (χ3n) is 6.74. The van der Waals surface area contributed by atoms with Crippen LogP contribution in [0.3, 0.4) is 0 Å². The molecule has 3 atom stereocenters. The van der Waals surface area contributed by atoms with E-state index >= 15 is 4.39 Å². The van der Waals surface area contributed by atoms with E-state index in [2.05, 4.69) is 38.5 Å². The van der Waals surface area contributed by atoms with Crippen LogP contribution in [0.25, 0.3) is 21.9 Å². The Kier molecular flexibility index (Phi) is 7.40. The summed E-state index contributed by atoms with van der Waals surface area (Å²) in [5.74, 6) is -1.20. The number of hydrogen-bond donors (Lipinski definition) is 5. The van der Waals surface area contributed by atoms with Crippen molar-refractivity contribution in [1.82, 2.24) is 15.3 Å². The second-order valence-electron chi connectivity index (χ2n) is 9.19. The number of nitrogens with two attached hydrogens (primary N) is 1. The molecule has 1 fully saturated rings. The molecule has 0 bridgehead atoms. The Bertz CT molecular complexity index is 1460. The second kappa shape index (κ2) is 10.8. The third kappa shape index (κ3) is 5.13. The highest BCUT2D eigenvalue weighted by molar-refractivity contribution is 7.82. The van der Waals surface area contributed by atoms with E-state index in [1.165, 1.54) is 18.5 Å². The number of carbonyl (C=O) groups excluding carboxylic acids is 2. The van der Waals surface area contributed by atoms with Crippen LogP contribution in [-0.4, -0.2) is 65.9 Å². The van der Waals surface area contributed by atoms with Crippen LogP contribution in [0.1, 0.15) is 5.56 Å². The summed E-state index contributed by atoms with van der Waals surface area (Å²) in [7, 11) is 0. The van der Waals surface area contributed by atoms with Crippen LogP contribution in [-0.2, 0) is 9.53 Å².